The van der Waals surface area contributed by atoms with Gasteiger partial charge in [0.2, 0.25) is 0 Å². The molecule has 4 heteroatoms. The van der Waals surface area contributed by atoms with Crippen LogP contribution in [0.1, 0.15) is 29.9 Å². The zero-order valence-corrected chi connectivity index (χ0v) is 11.8. The first kappa shape index (κ1) is 12.7. The monoisotopic (exact) mass is 299 g/mol. The molecule has 0 spiro atoms. The molecule has 94 valence electrons. The fourth-order valence-electron chi connectivity index (χ4n) is 2.41. The highest BCUT2D eigenvalue weighted by Crippen LogP contribution is 2.42. The SMILES string of the molecule is COc1c(C)c(Br)cc(C2CCCNC2)c1O. The van der Waals surface area contributed by atoms with E-state index in [0.717, 1.165) is 41.5 Å². The minimum Gasteiger partial charge on any atom is -0.504 e. The number of nitrogens with one attached hydrogen (secondary N) is 1. The Morgan fingerprint density at radius 2 is 2.29 bits per heavy atom. The first-order valence-corrected chi connectivity index (χ1v) is 6.71. The average Bonchev–Trinajstić information content (AvgIpc) is 2.36. The molecule has 0 aromatic heterocycles. The first-order valence-electron chi connectivity index (χ1n) is 5.91. The lowest BCUT2D eigenvalue weighted by Gasteiger charge is -2.25. The molecular weight excluding hydrogens is 282 g/mol. The highest BCUT2D eigenvalue weighted by Gasteiger charge is 2.22. The second kappa shape index (κ2) is 5.27. The molecule has 1 aliphatic heterocycles. The van der Waals surface area contributed by atoms with Crippen molar-refractivity contribution in [1.82, 2.24) is 5.32 Å². The van der Waals surface area contributed by atoms with Gasteiger partial charge in [-0.25, -0.2) is 0 Å². The van der Waals surface area contributed by atoms with Crippen LogP contribution in [0, 0.1) is 6.92 Å². The summed E-state index contributed by atoms with van der Waals surface area (Å²) in [6.07, 6.45) is 2.26. The highest BCUT2D eigenvalue weighted by molar-refractivity contribution is 9.10. The Morgan fingerprint density at radius 1 is 1.53 bits per heavy atom. The molecular formula is C13H18BrNO2. The van der Waals surface area contributed by atoms with Crippen LogP contribution < -0.4 is 10.1 Å². The van der Waals surface area contributed by atoms with Crippen molar-refractivity contribution >= 4 is 15.9 Å². The Labute approximate surface area is 110 Å². The van der Waals surface area contributed by atoms with E-state index < -0.39 is 0 Å². The lowest BCUT2D eigenvalue weighted by Crippen LogP contribution is -2.28. The van der Waals surface area contributed by atoms with Crippen LogP contribution in [0.25, 0.3) is 0 Å². The van der Waals surface area contributed by atoms with E-state index >= 15 is 0 Å². The molecule has 1 heterocycles. The lowest BCUT2D eigenvalue weighted by atomic mass is 9.90. The van der Waals surface area contributed by atoms with E-state index in [2.05, 4.69) is 21.2 Å². The number of phenolic OH excluding ortho intramolecular Hbond substituents is 1. The third-order valence-electron chi connectivity index (χ3n) is 3.41. The van der Waals surface area contributed by atoms with Crippen LogP contribution in [0.3, 0.4) is 0 Å². The van der Waals surface area contributed by atoms with Crippen molar-refractivity contribution in [2.24, 2.45) is 0 Å². The number of piperidine rings is 1. The molecule has 1 aromatic rings. The van der Waals surface area contributed by atoms with Gasteiger partial charge in [-0.2, -0.15) is 0 Å². The molecule has 0 saturated carbocycles. The number of ether oxygens (including phenoxy) is 1. The maximum atomic E-state index is 10.3. The molecule has 0 radical (unpaired) electrons. The maximum Gasteiger partial charge on any atom is 0.164 e. The number of phenols is 1. The third-order valence-corrected chi connectivity index (χ3v) is 4.23. The molecule has 0 amide bonds. The van der Waals surface area contributed by atoms with Gasteiger partial charge in [0.05, 0.1) is 7.11 Å². The first-order chi connectivity index (χ1) is 8.15. The van der Waals surface area contributed by atoms with Crippen LogP contribution in [0.4, 0.5) is 0 Å². The van der Waals surface area contributed by atoms with Crippen molar-refractivity contribution in [2.75, 3.05) is 20.2 Å². The molecule has 0 aliphatic carbocycles. The number of hydrogen-bond donors (Lipinski definition) is 2. The summed E-state index contributed by atoms with van der Waals surface area (Å²) in [4.78, 5) is 0. The Balaban J connectivity index is 2.42. The standard InChI is InChI=1S/C13H18BrNO2/c1-8-11(14)6-10(12(16)13(8)17-2)9-4-3-5-15-7-9/h6,9,15-16H,3-5,7H2,1-2H3. The van der Waals surface area contributed by atoms with Gasteiger partial charge in [-0.1, -0.05) is 15.9 Å². The second-order valence-corrected chi connectivity index (χ2v) is 5.35. The Kier molecular flexibility index (Phi) is 3.94. The summed E-state index contributed by atoms with van der Waals surface area (Å²) >= 11 is 3.53. The van der Waals surface area contributed by atoms with Crippen LogP contribution >= 0.6 is 15.9 Å². The van der Waals surface area contributed by atoms with Crippen LogP contribution in [0.5, 0.6) is 11.5 Å². The van der Waals surface area contributed by atoms with Crippen molar-refractivity contribution in [3.63, 3.8) is 0 Å². The summed E-state index contributed by atoms with van der Waals surface area (Å²) in [5.74, 6) is 1.25. The predicted molar refractivity (Wildman–Crippen MR) is 71.9 cm³/mol. The number of halogens is 1. The lowest BCUT2D eigenvalue weighted by molar-refractivity contribution is 0.360. The Bertz CT molecular complexity index is 414. The van der Waals surface area contributed by atoms with Gasteiger partial charge in [0.25, 0.3) is 0 Å². The number of aromatic hydroxyl groups is 1. The molecule has 2 rings (SSSR count). The molecule has 1 aliphatic rings. The minimum absolute atomic E-state index is 0.293. The molecule has 17 heavy (non-hydrogen) atoms. The van der Waals surface area contributed by atoms with E-state index in [0.29, 0.717) is 17.4 Å². The summed E-state index contributed by atoms with van der Waals surface area (Å²) in [6, 6.07) is 2.02. The molecule has 1 aromatic carbocycles. The van der Waals surface area contributed by atoms with Crippen molar-refractivity contribution < 1.29 is 9.84 Å². The van der Waals surface area contributed by atoms with Gasteiger partial charge in [-0.05, 0) is 32.4 Å². The topological polar surface area (TPSA) is 41.5 Å². The summed E-state index contributed by atoms with van der Waals surface area (Å²) in [5.41, 5.74) is 1.92. The smallest absolute Gasteiger partial charge is 0.164 e. The van der Waals surface area contributed by atoms with E-state index in [1.807, 2.05) is 13.0 Å². The average molecular weight is 300 g/mol. The number of rotatable bonds is 2. The maximum absolute atomic E-state index is 10.3. The van der Waals surface area contributed by atoms with Gasteiger partial charge in [0, 0.05) is 28.1 Å². The summed E-state index contributed by atoms with van der Waals surface area (Å²) in [7, 11) is 1.59. The zero-order valence-electron chi connectivity index (χ0n) is 10.2. The fraction of sp³-hybridized carbons (Fsp3) is 0.538. The van der Waals surface area contributed by atoms with E-state index in [4.69, 9.17) is 4.74 Å². The highest BCUT2D eigenvalue weighted by atomic mass is 79.9. The largest absolute Gasteiger partial charge is 0.504 e. The molecule has 0 bridgehead atoms. The van der Waals surface area contributed by atoms with Crippen molar-refractivity contribution in [3.8, 4) is 11.5 Å². The van der Waals surface area contributed by atoms with Gasteiger partial charge in [0.1, 0.15) is 0 Å². The van der Waals surface area contributed by atoms with Crippen molar-refractivity contribution in [3.05, 3.63) is 21.7 Å². The fourth-order valence-corrected chi connectivity index (χ4v) is 2.84. The second-order valence-electron chi connectivity index (χ2n) is 4.50. The Morgan fingerprint density at radius 3 is 2.88 bits per heavy atom. The summed E-state index contributed by atoms with van der Waals surface area (Å²) in [5, 5.41) is 13.6. The van der Waals surface area contributed by atoms with Crippen LogP contribution in [-0.4, -0.2) is 25.3 Å². The van der Waals surface area contributed by atoms with E-state index in [9.17, 15) is 5.11 Å². The summed E-state index contributed by atoms with van der Waals surface area (Å²) < 4.78 is 6.28. The molecule has 1 atom stereocenters. The minimum atomic E-state index is 0.293. The van der Waals surface area contributed by atoms with Crippen LogP contribution in [-0.2, 0) is 0 Å². The third kappa shape index (κ3) is 2.43. The van der Waals surface area contributed by atoms with Gasteiger partial charge in [-0.3, -0.25) is 0 Å². The van der Waals surface area contributed by atoms with Gasteiger partial charge < -0.3 is 15.2 Å². The molecule has 1 fully saturated rings. The van der Waals surface area contributed by atoms with Crippen LogP contribution in [0.15, 0.2) is 10.5 Å². The zero-order chi connectivity index (χ0) is 12.4. The predicted octanol–water partition coefficient (Wildman–Crippen LogP) is 2.94. The number of methoxy groups -OCH3 is 1. The van der Waals surface area contributed by atoms with Gasteiger partial charge in [-0.15, -0.1) is 0 Å². The molecule has 1 unspecified atom stereocenters. The normalized spacial score (nSPS) is 20.3. The van der Waals surface area contributed by atoms with E-state index in [1.54, 1.807) is 7.11 Å². The van der Waals surface area contributed by atoms with E-state index in [1.165, 1.54) is 0 Å². The van der Waals surface area contributed by atoms with Gasteiger partial charge >= 0.3 is 0 Å². The Hall–Kier alpha value is -0.740. The van der Waals surface area contributed by atoms with E-state index in [-0.39, 0.29) is 0 Å². The molecule has 1 saturated heterocycles. The molecule has 3 nitrogen and oxygen atoms in total. The summed E-state index contributed by atoms with van der Waals surface area (Å²) in [6.45, 7) is 3.93. The number of benzene rings is 1. The number of hydrogen-bond acceptors (Lipinski definition) is 3. The van der Waals surface area contributed by atoms with Crippen LogP contribution in [0.2, 0.25) is 0 Å². The van der Waals surface area contributed by atoms with Crippen molar-refractivity contribution in [1.29, 1.82) is 0 Å². The van der Waals surface area contributed by atoms with Gasteiger partial charge in [0.15, 0.2) is 11.5 Å². The molecule has 2 N–H and O–H groups in total. The quantitative estimate of drug-likeness (QED) is 0.882. The van der Waals surface area contributed by atoms with Crippen molar-refractivity contribution in [2.45, 2.75) is 25.7 Å².